The molecule has 2 unspecified atom stereocenters. The van der Waals surface area contributed by atoms with Gasteiger partial charge >= 0.3 is 18.0 Å². The highest BCUT2D eigenvalue weighted by atomic mass is 19.4. The molecule has 2 heterocycles. The van der Waals surface area contributed by atoms with E-state index in [4.69, 9.17) is 0 Å². The normalized spacial score (nSPS) is 17.9. The molecule has 3 N–H and O–H groups in total. The van der Waals surface area contributed by atoms with Gasteiger partial charge in [-0.05, 0) is 35.4 Å². The summed E-state index contributed by atoms with van der Waals surface area (Å²) in [4.78, 5) is 54.7. The molecular weight excluding hydrogens is 510 g/mol. The van der Waals surface area contributed by atoms with Crippen LogP contribution in [0.5, 0.6) is 0 Å². The summed E-state index contributed by atoms with van der Waals surface area (Å²) in [7, 11) is 1.14. The number of carbonyl (C=O) groups excluding carboxylic acids is 2. The van der Waals surface area contributed by atoms with E-state index in [9.17, 15) is 45.5 Å². The van der Waals surface area contributed by atoms with Crippen LogP contribution in [0.1, 0.15) is 44.6 Å². The van der Waals surface area contributed by atoms with Crippen LogP contribution >= 0.6 is 0 Å². The molecular formula is C23H16F6N4O4. The fourth-order valence-electron chi connectivity index (χ4n) is 4.24. The number of anilines is 1. The highest BCUT2D eigenvalue weighted by Crippen LogP contribution is 2.45. The lowest BCUT2D eigenvalue weighted by Crippen LogP contribution is -2.44. The number of carbonyl (C=O) groups is 2. The Hall–Kier alpha value is -4.36. The number of hydrogen-bond donors (Lipinski definition) is 3. The van der Waals surface area contributed by atoms with Crippen LogP contribution in [0.4, 0.5) is 32.0 Å². The molecule has 37 heavy (non-hydrogen) atoms. The van der Waals surface area contributed by atoms with Crippen LogP contribution in [0.3, 0.4) is 0 Å². The van der Waals surface area contributed by atoms with Gasteiger partial charge < -0.3 is 15.2 Å². The fraction of sp³-hybridized carbons (Fsp3) is 0.217. The molecule has 1 aromatic heterocycles. The molecule has 1 aliphatic heterocycles. The Bertz CT molecular complexity index is 1480. The van der Waals surface area contributed by atoms with E-state index in [1.54, 1.807) is 0 Å². The number of halogens is 6. The number of benzene rings is 2. The highest BCUT2D eigenvalue weighted by Gasteiger charge is 2.45. The molecule has 0 radical (unpaired) electrons. The molecule has 4 rings (SSSR count). The zero-order valence-electron chi connectivity index (χ0n) is 18.6. The van der Waals surface area contributed by atoms with Crippen molar-refractivity contribution in [1.82, 2.24) is 14.9 Å². The van der Waals surface area contributed by atoms with E-state index in [2.05, 4.69) is 10.3 Å². The van der Waals surface area contributed by atoms with Crippen molar-refractivity contribution in [2.24, 2.45) is 0 Å². The smallest absolute Gasteiger partial charge is 0.334 e. The highest BCUT2D eigenvalue weighted by molar-refractivity contribution is 6.04. The van der Waals surface area contributed by atoms with Crippen molar-refractivity contribution in [2.45, 2.75) is 24.3 Å². The van der Waals surface area contributed by atoms with Gasteiger partial charge in [-0.2, -0.15) is 26.3 Å². The molecule has 1 aliphatic rings. The van der Waals surface area contributed by atoms with Gasteiger partial charge in [-0.1, -0.05) is 18.2 Å². The van der Waals surface area contributed by atoms with Gasteiger partial charge in [0.25, 0.3) is 11.5 Å². The second-order valence-electron chi connectivity index (χ2n) is 8.24. The van der Waals surface area contributed by atoms with Gasteiger partial charge in [-0.15, -0.1) is 0 Å². The number of amides is 2. The SMILES string of the molecule is CN1C(=O)c2ccccc2C(C(=O)Nc2c[nH]c(=O)[nH]c2=O)C1c1cc(C(F)(F)F)cc(C(F)(F)F)c1. The summed E-state index contributed by atoms with van der Waals surface area (Å²) in [6, 6.07) is 4.82. The van der Waals surface area contributed by atoms with Crippen molar-refractivity contribution >= 4 is 17.5 Å². The number of alkyl halides is 6. The molecule has 8 nitrogen and oxygen atoms in total. The molecule has 0 bridgehead atoms. The van der Waals surface area contributed by atoms with Gasteiger partial charge in [-0.3, -0.25) is 19.4 Å². The molecule has 0 spiro atoms. The Balaban J connectivity index is 1.93. The first kappa shape index (κ1) is 25.7. The summed E-state index contributed by atoms with van der Waals surface area (Å²) in [5, 5.41) is 2.24. The lowest BCUT2D eigenvalue weighted by Gasteiger charge is -2.40. The Morgan fingerprint density at radius 1 is 0.946 bits per heavy atom. The predicted molar refractivity (Wildman–Crippen MR) is 117 cm³/mol. The minimum absolute atomic E-state index is 0.000186. The predicted octanol–water partition coefficient (Wildman–Crippen LogP) is 3.65. The van der Waals surface area contributed by atoms with Crippen molar-refractivity contribution in [3.05, 3.63) is 97.3 Å². The number of H-pyrrole nitrogens is 2. The molecule has 0 fully saturated rings. The first-order valence-electron chi connectivity index (χ1n) is 10.5. The van der Waals surface area contributed by atoms with E-state index < -0.39 is 69.8 Å². The van der Waals surface area contributed by atoms with E-state index in [0.717, 1.165) is 18.1 Å². The van der Waals surface area contributed by atoms with Crippen molar-refractivity contribution < 1.29 is 35.9 Å². The van der Waals surface area contributed by atoms with Crippen LogP contribution in [0.15, 0.2) is 58.3 Å². The fourth-order valence-corrected chi connectivity index (χ4v) is 4.24. The maximum atomic E-state index is 13.5. The first-order valence-corrected chi connectivity index (χ1v) is 10.5. The molecule has 0 saturated carbocycles. The van der Waals surface area contributed by atoms with Crippen molar-refractivity contribution in [3.63, 3.8) is 0 Å². The van der Waals surface area contributed by atoms with E-state index >= 15 is 0 Å². The third kappa shape index (κ3) is 4.86. The van der Waals surface area contributed by atoms with Gasteiger partial charge in [-0.25, -0.2) is 4.79 Å². The number of nitrogens with one attached hydrogen (secondary N) is 3. The van der Waals surface area contributed by atoms with Gasteiger partial charge in [0, 0.05) is 18.8 Å². The molecule has 0 aliphatic carbocycles. The van der Waals surface area contributed by atoms with Gasteiger partial charge in [0.2, 0.25) is 5.91 Å². The van der Waals surface area contributed by atoms with E-state index in [0.29, 0.717) is 12.1 Å². The van der Waals surface area contributed by atoms with E-state index in [1.807, 2.05) is 4.98 Å². The van der Waals surface area contributed by atoms with Crippen LogP contribution in [-0.4, -0.2) is 33.7 Å². The van der Waals surface area contributed by atoms with Crippen LogP contribution in [0.2, 0.25) is 0 Å². The average molecular weight is 526 g/mol. The van der Waals surface area contributed by atoms with Crippen LogP contribution < -0.4 is 16.6 Å². The van der Waals surface area contributed by atoms with Gasteiger partial charge in [0.05, 0.1) is 23.1 Å². The Kier molecular flexibility index (Phi) is 6.22. The Morgan fingerprint density at radius 3 is 2.11 bits per heavy atom. The summed E-state index contributed by atoms with van der Waals surface area (Å²) < 4.78 is 81.3. The number of hydrogen-bond acceptors (Lipinski definition) is 4. The Morgan fingerprint density at radius 2 is 1.54 bits per heavy atom. The minimum atomic E-state index is -5.16. The molecule has 0 saturated heterocycles. The summed E-state index contributed by atoms with van der Waals surface area (Å²) in [5.74, 6) is -3.28. The second-order valence-corrected chi connectivity index (χ2v) is 8.24. The number of aromatic nitrogens is 2. The zero-order chi connectivity index (χ0) is 27.3. The molecule has 194 valence electrons. The molecule has 14 heteroatoms. The summed E-state index contributed by atoms with van der Waals surface area (Å²) in [6.07, 6.45) is -9.44. The van der Waals surface area contributed by atoms with Crippen molar-refractivity contribution in [2.75, 3.05) is 12.4 Å². The topological polar surface area (TPSA) is 115 Å². The van der Waals surface area contributed by atoms with Crippen LogP contribution in [-0.2, 0) is 17.1 Å². The molecule has 2 amide bonds. The number of rotatable bonds is 3. The molecule has 2 aromatic carbocycles. The maximum absolute atomic E-state index is 13.5. The monoisotopic (exact) mass is 526 g/mol. The lowest BCUT2D eigenvalue weighted by atomic mass is 9.78. The van der Waals surface area contributed by atoms with E-state index in [-0.39, 0.29) is 17.2 Å². The van der Waals surface area contributed by atoms with Gasteiger partial charge in [0.1, 0.15) is 5.69 Å². The second kappa shape index (κ2) is 8.94. The average Bonchev–Trinajstić information content (AvgIpc) is 2.81. The largest absolute Gasteiger partial charge is 0.416 e. The number of fused-ring (bicyclic) bond motifs is 1. The number of likely N-dealkylation sites (N-methyl/N-ethyl adjacent to an activating group) is 1. The van der Waals surface area contributed by atoms with Gasteiger partial charge in [0.15, 0.2) is 0 Å². The van der Waals surface area contributed by atoms with Crippen LogP contribution in [0.25, 0.3) is 0 Å². The standard InChI is InChI=1S/C23H16F6N4O4/c1-33-17(10-6-11(22(24,25)26)8-12(7-10)23(27,28)29)16(13-4-2-3-5-14(13)20(33)36)19(35)31-15-9-30-21(37)32-18(15)34/h2-9,16-17H,1H3,(H,31,35)(H2,30,32,34,37). The summed E-state index contributed by atoms with van der Waals surface area (Å²) in [6.45, 7) is 0. The summed E-state index contributed by atoms with van der Waals surface area (Å²) in [5.41, 5.74) is -6.11. The van der Waals surface area contributed by atoms with Crippen molar-refractivity contribution in [1.29, 1.82) is 0 Å². The third-order valence-electron chi connectivity index (χ3n) is 5.89. The van der Waals surface area contributed by atoms with Crippen LogP contribution in [0, 0.1) is 0 Å². The number of aromatic amines is 2. The third-order valence-corrected chi connectivity index (χ3v) is 5.89. The molecule has 3 aromatic rings. The maximum Gasteiger partial charge on any atom is 0.416 e. The lowest BCUT2D eigenvalue weighted by molar-refractivity contribution is -0.143. The first-order chi connectivity index (χ1) is 17.2. The van der Waals surface area contributed by atoms with Crippen molar-refractivity contribution in [3.8, 4) is 0 Å². The minimum Gasteiger partial charge on any atom is -0.334 e. The Labute approximate surface area is 202 Å². The van der Waals surface area contributed by atoms with E-state index in [1.165, 1.54) is 24.3 Å². The zero-order valence-corrected chi connectivity index (χ0v) is 18.6. The quantitative estimate of drug-likeness (QED) is 0.452. The molecule has 2 atom stereocenters. The summed E-state index contributed by atoms with van der Waals surface area (Å²) >= 11 is 0. The number of nitrogens with zero attached hydrogens (tertiary/aromatic N) is 1.